The Bertz CT molecular complexity index is 278. The molecule has 1 aromatic heterocycles. The van der Waals surface area contributed by atoms with Crippen LogP contribution in [0.25, 0.3) is 0 Å². The Labute approximate surface area is 65.6 Å². The molecule has 1 aromatic rings. The van der Waals surface area contributed by atoms with Crippen molar-refractivity contribution in [1.29, 1.82) is 0 Å². The first kappa shape index (κ1) is 7.67. The molecule has 0 spiro atoms. The third-order valence-electron chi connectivity index (χ3n) is 1.05. The lowest BCUT2D eigenvalue weighted by atomic mass is 10.3. The molecule has 1 amide bonds. The van der Waals surface area contributed by atoms with E-state index in [-0.39, 0.29) is 10.6 Å². The van der Waals surface area contributed by atoms with Crippen molar-refractivity contribution in [3.8, 4) is 0 Å². The molecule has 0 aliphatic carbocycles. The topological polar surface area (TPSA) is 86.2 Å². The summed E-state index contributed by atoms with van der Waals surface area (Å²) in [5.41, 5.74) is 5.05. The number of hydrogen-bond acceptors (Lipinski definition) is 4. The van der Waals surface area contributed by atoms with Crippen LogP contribution in [0, 0.1) is 10.1 Å². The molecule has 0 bridgehead atoms. The SMILES string of the molecule is NC(=O)c1csc([15N+](=O)[O-])c1. The summed E-state index contributed by atoms with van der Waals surface area (Å²) in [7, 11) is 0. The Hall–Kier alpha value is -1.43. The van der Waals surface area contributed by atoms with E-state index in [9.17, 15) is 14.9 Å². The monoisotopic (exact) mass is 173 g/mol. The summed E-state index contributed by atoms with van der Waals surface area (Å²) in [5, 5.41) is 11.4. The van der Waals surface area contributed by atoms with Gasteiger partial charge in [-0.05, 0) is 0 Å². The molecule has 0 saturated carbocycles. The Morgan fingerprint density at radius 1 is 1.73 bits per heavy atom. The van der Waals surface area contributed by atoms with Crippen LogP contribution in [0.5, 0.6) is 0 Å². The summed E-state index contributed by atoms with van der Waals surface area (Å²) in [4.78, 5) is 20.0. The number of rotatable bonds is 2. The molecule has 0 atom stereocenters. The van der Waals surface area contributed by atoms with Crippen molar-refractivity contribution in [2.75, 3.05) is 0 Å². The van der Waals surface area contributed by atoms with Gasteiger partial charge in [0.25, 0.3) is 0 Å². The number of primary amides is 1. The van der Waals surface area contributed by atoms with E-state index in [4.69, 9.17) is 5.73 Å². The quantitative estimate of drug-likeness (QED) is 0.406. The molecule has 1 rings (SSSR count). The summed E-state index contributed by atoms with van der Waals surface area (Å²) >= 11 is 0.886. The van der Waals surface area contributed by atoms with Crippen LogP contribution in [-0.2, 0) is 0 Å². The molecule has 58 valence electrons. The van der Waals surface area contributed by atoms with E-state index in [1.807, 2.05) is 0 Å². The molecule has 1 heterocycles. The zero-order valence-electron chi connectivity index (χ0n) is 5.31. The van der Waals surface area contributed by atoms with Crippen molar-refractivity contribution >= 4 is 22.2 Å². The molecule has 5 nitrogen and oxygen atoms in total. The fraction of sp³-hybridized carbons (Fsp3) is 0. The van der Waals surface area contributed by atoms with Gasteiger partial charge in [-0.1, -0.05) is 11.3 Å². The van der Waals surface area contributed by atoms with Crippen LogP contribution in [0.2, 0.25) is 0 Å². The minimum atomic E-state index is -0.644. The van der Waals surface area contributed by atoms with E-state index in [0.29, 0.717) is 0 Å². The Kier molecular flexibility index (Phi) is 1.86. The molecular formula is C5H4N2O3S. The second-order valence-electron chi connectivity index (χ2n) is 1.79. The van der Waals surface area contributed by atoms with Crippen LogP contribution in [-0.4, -0.2) is 10.8 Å². The molecule has 0 aromatic carbocycles. The summed E-state index contributed by atoms with van der Waals surface area (Å²) in [6.45, 7) is 0. The number of hydrogen-bond donors (Lipinski definition) is 1. The third-order valence-corrected chi connectivity index (χ3v) is 1.93. The van der Waals surface area contributed by atoms with E-state index >= 15 is 0 Å². The zero-order chi connectivity index (χ0) is 8.43. The average molecular weight is 173 g/mol. The van der Waals surface area contributed by atoms with Crippen molar-refractivity contribution in [2.24, 2.45) is 5.73 Å². The highest BCUT2D eigenvalue weighted by molar-refractivity contribution is 7.13. The van der Waals surface area contributed by atoms with E-state index in [2.05, 4.69) is 0 Å². The van der Waals surface area contributed by atoms with Crippen LogP contribution < -0.4 is 5.73 Å². The zero-order valence-corrected chi connectivity index (χ0v) is 6.13. The molecule has 0 fully saturated rings. The van der Waals surface area contributed by atoms with Crippen LogP contribution >= 0.6 is 11.3 Å². The first-order chi connectivity index (χ1) is 5.11. The van der Waals surface area contributed by atoms with Gasteiger partial charge in [0, 0.05) is 11.4 Å². The second-order valence-corrected chi connectivity index (χ2v) is 2.68. The number of carbonyl (C=O) groups is 1. The summed E-state index contributed by atoms with van der Waals surface area (Å²) in [6.07, 6.45) is 0. The molecule has 6 heteroatoms. The normalized spacial score (nSPS) is 9.45. The van der Waals surface area contributed by atoms with Gasteiger partial charge in [-0.25, -0.2) is 0 Å². The lowest BCUT2D eigenvalue weighted by Crippen LogP contribution is -2.09. The molecule has 0 aliphatic rings. The highest BCUT2D eigenvalue weighted by Gasteiger charge is 2.11. The van der Waals surface area contributed by atoms with Gasteiger partial charge in [-0.2, -0.15) is 0 Å². The highest BCUT2D eigenvalue weighted by Crippen LogP contribution is 2.21. The van der Waals surface area contributed by atoms with Crippen molar-refractivity contribution in [1.82, 2.24) is 0 Å². The minimum absolute atomic E-state index is 0.0706. The smallest absolute Gasteiger partial charge is 0.324 e. The fourth-order valence-corrected chi connectivity index (χ4v) is 1.26. The van der Waals surface area contributed by atoms with Crippen LogP contribution in [0.15, 0.2) is 11.4 Å². The predicted molar refractivity (Wildman–Crippen MR) is 39.5 cm³/mol. The third kappa shape index (κ3) is 1.53. The number of nitrogens with two attached hydrogens (primary N) is 1. The highest BCUT2D eigenvalue weighted by atomic mass is 32.1. The van der Waals surface area contributed by atoms with E-state index in [1.54, 1.807) is 0 Å². The standard InChI is InChI=1S/C5H4N2O3S/c6-5(8)3-1-4(7(9)10)11-2-3/h1-2H,(H2,6,8)/i7+1. The number of thiophene rings is 1. The number of carbonyl (C=O) groups excluding carboxylic acids is 1. The first-order valence-electron chi connectivity index (χ1n) is 2.64. The van der Waals surface area contributed by atoms with Gasteiger partial charge in [0.05, 0.1) is 10.5 Å². The first-order valence-corrected chi connectivity index (χ1v) is 3.52. The van der Waals surface area contributed by atoms with Crippen LogP contribution in [0.3, 0.4) is 0 Å². The van der Waals surface area contributed by atoms with Gasteiger partial charge in [-0.3, -0.25) is 14.9 Å². The number of nitro groups is 1. The van der Waals surface area contributed by atoms with Crippen LogP contribution in [0.1, 0.15) is 10.4 Å². The fourth-order valence-electron chi connectivity index (χ4n) is 0.550. The van der Waals surface area contributed by atoms with Crippen molar-refractivity contribution in [3.05, 3.63) is 27.1 Å². The summed E-state index contributed by atoms with van der Waals surface area (Å²) in [5.74, 6) is -0.644. The summed E-state index contributed by atoms with van der Waals surface area (Å²) < 4.78 is 0. The molecule has 0 aliphatic heterocycles. The van der Waals surface area contributed by atoms with E-state index in [1.165, 1.54) is 5.38 Å². The molecular weight excluding hydrogens is 169 g/mol. The largest absolute Gasteiger partial charge is 0.366 e. The Balaban J connectivity index is 2.99. The van der Waals surface area contributed by atoms with Gasteiger partial charge >= 0.3 is 5.00 Å². The molecule has 0 unspecified atom stereocenters. The van der Waals surface area contributed by atoms with Crippen LogP contribution in [0.4, 0.5) is 5.00 Å². The predicted octanol–water partition coefficient (Wildman–Crippen LogP) is 0.755. The van der Waals surface area contributed by atoms with Crippen molar-refractivity contribution in [3.63, 3.8) is 0 Å². The van der Waals surface area contributed by atoms with Gasteiger partial charge in [0.15, 0.2) is 0 Å². The van der Waals surface area contributed by atoms with Gasteiger partial charge in [0.1, 0.15) is 0 Å². The molecule has 2 N–H and O–H groups in total. The lowest BCUT2D eigenvalue weighted by Gasteiger charge is -1.81. The Morgan fingerprint density at radius 3 is 2.64 bits per heavy atom. The second kappa shape index (κ2) is 2.67. The Morgan fingerprint density at radius 2 is 2.36 bits per heavy atom. The van der Waals surface area contributed by atoms with E-state index < -0.39 is 10.8 Å². The minimum Gasteiger partial charge on any atom is -0.366 e. The molecule has 11 heavy (non-hydrogen) atoms. The summed E-state index contributed by atoms with van der Waals surface area (Å²) in [6, 6.07) is 1.16. The van der Waals surface area contributed by atoms with E-state index in [0.717, 1.165) is 17.4 Å². The number of amides is 1. The van der Waals surface area contributed by atoms with Gasteiger partial charge in [-0.15, -0.1) is 0 Å². The maximum absolute atomic E-state index is 10.4. The van der Waals surface area contributed by atoms with Crippen molar-refractivity contribution < 1.29 is 9.72 Å². The average Bonchev–Trinajstić information content (AvgIpc) is 2.33. The van der Waals surface area contributed by atoms with Gasteiger partial charge in [0.2, 0.25) is 5.91 Å². The number of nitrogens with zero attached hydrogens (tertiary/aromatic N) is 1. The van der Waals surface area contributed by atoms with Crippen molar-refractivity contribution in [2.45, 2.75) is 0 Å². The maximum atomic E-state index is 10.4. The maximum Gasteiger partial charge on any atom is 0.324 e. The van der Waals surface area contributed by atoms with Gasteiger partial charge < -0.3 is 5.73 Å². The molecule has 0 radical (unpaired) electrons. The lowest BCUT2D eigenvalue weighted by molar-refractivity contribution is -0.380. The molecule has 0 saturated heterocycles.